The van der Waals surface area contributed by atoms with Gasteiger partial charge in [0.05, 0.1) is 0 Å². The lowest BCUT2D eigenvalue weighted by Crippen LogP contribution is -2.37. The van der Waals surface area contributed by atoms with Crippen LogP contribution in [0, 0.1) is 13.8 Å². The second kappa shape index (κ2) is 4.01. The molecule has 3 N–H and O–H groups in total. The molecule has 0 amide bonds. The fraction of sp³-hybridized carbons (Fsp3) is 0.692. The van der Waals surface area contributed by atoms with Crippen LogP contribution in [0.1, 0.15) is 49.1 Å². The average molecular weight is 206 g/mol. The summed E-state index contributed by atoms with van der Waals surface area (Å²) in [6, 6.07) is 2.30. The summed E-state index contributed by atoms with van der Waals surface area (Å²) in [5, 5.41) is 0. The number of hydrogen-bond acceptors (Lipinski definition) is 1. The molecule has 0 radical (unpaired) electrons. The lowest BCUT2D eigenvalue weighted by atomic mass is 9.69. The third kappa shape index (κ3) is 1.83. The van der Waals surface area contributed by atoms with Gasteiger partial charge in [-0.3, -0.25) is 0 Å². The molecule has 1 fully saturated rings. The van der Waals surface area contributed by atoms with Gasteiger partial charge in [0.2, 0.25) is 0 Å². The molecule has 0 spiro atoms. The highest BCUT2D eigenvalue weighted by atomic mass is 14.7. The second-order valence-electron chi connectivity index (χ2n) is 5.04. The van der Waals surface area contributed by atoms with Gasteiger partial charge in [0.15, 0.2) is 0 Å². The van der Waals surface area contributed by atoms with E-state index >= 15 is 0 Å². The number of aromatic amines is 1. The molecule has 2 heteroatoms. The summed E-state index contributed by atoms with van der Waals surface area (Å²) >= 11 is 0. The van der Waals surface area contributed by atoms with E-state index in [0.717, 1.165) is 6.54 Å². The zero-order chi connectivity index (χ0) is 10.9. The summed E-state index contributed by atoms with van der Waals surface area (Å²) in [4.78, 5) is 3.41. The Balaban J connectivity index is 2.36. The minimum Gasteiger partial charge on any atom is -0.362 e. The summed E-state index contributed by atoms with van der Waals surface area (Å²) < 4.78 is 0. The van der Waals surface area contributed by atoms with Gasteiger partial charge in [0.25, 0.3) is 0 Å². The van der Waals surface area contributed by atoms with Crippen molar-refractivity contribution in [2.45, 2.75) is 51.4 Å². The number of rotatable bonds is 2. The Morgan fingerprint density at radius 3 is 2.40 bits per heavy atom. The molecule has 2 nitrogen and oxygen atoms in total. The highest BCUT2D eigenvalue weighted by Crippen LogP contribution is 2.40. The van der Waals surface area contributed by atoms with Crippen LogP contribution in [0.25, 0.3) is 0 Å². The molecule has 84 valence electrons. The molecule has 1 aliphatic carbocycles. The average Bonchev–Trinajstić information content (AvgIpc) is 2.59. The van der Waals surface area contributed by atoms with Crippen LogP contribution in [-0.2, 0) is 5.41 Å². The second-order valence-corrected chi connectivity index (χ2v) is 5.04. The highest BCUT2D eigenvalue weighted by Gasteiger charge is 2.34. The van der Waals surface area contributed by atoms with Crippen molar-refractivity contribution >= 4 is 0 Å². The van der Waals surface area contributed by atoms with E-state index in [2.05, 4.69) is 24.9 Å². The number of hydrogen-bond donors (Lipinski definition) is 2. The van der Waals surface area contributed by atoms with Crippen LogP contribution in [0.5, 0.6) is 0 Å². The first-order chi connectivity index (χ1) is 7.18. The van der Waals surface area contributed by atoms with Crippen molar-refractivity contribution in [1.29, 1.82) is 0 Å². The predicted molar refractivity (Wildman–Crippen MR) is 64.1 cm³/mol. The minimum atomic E-state index is 0.271. The Morgan fingerprint density at radius 2 is 1.93 bits per heavy atom. The van der Waals surface area contributed by atoms with Crippen LogP contribution in [0.3, 0.4) is 0 Å². The largest absolute Gasteiger partial charge is 0.362 e. The molecule has 2 rings (SSSR count). The summed E-state index contributed by atoms with van der Waals surface area (Å²) in [7, 11) is 0. The summed E-state index contributed by atoms with van der Waals surface area (Å²) in [5.74, 6) is 0. The van der Waals surface area contributed by atoms with Crippen LogP contribution in [0.2, 0.25) is 0 Å². The van der Waals surface area contributed by atoms with Gasteiger partial charge in [-0.15, -0.1) is 0 Å². The van der Waals surface area contributed by atoms with E-state index in [0.29, 0.717) is 0 Å². The van der Waals surface area contributed by atoms with Crippen LogP contribution in [-0.4, -0.2) is 11.5 Å². The molecule has 1 saturated carbocycles. The molecule has 0 saturated heterocycles. The lowest BCUT2D eigenvalue weighted by molar-refractivity contribution is 0.300. The zero-order valence-electron chi connectivity index (χ0n) is 9.90. The summed E-state index contributed by atoms with van der Waals surface area (Å²) in [6.07, 6.45) is 6.58. The Labute approximate surface area is 92.3 Å². The van der Waals surface area contributed by atoms with Crippen molar-refractivity contribution in [3.05, 3.63) is 23.0 Å². The SMILES string of the molecule is Cc1cc(C2(CN)CCCCC2)c(C)[nH]1. The third-order valence-electron chi connectivity index (χ3n) is 3.92. The van der Waals surface area contributed by atoms with Crippen LogP contribution >= 0.6 is 0 Å². The Kier molecular flexibility index (Phi) is 2.87. The fourth-order valence-electron chi connectivity index (χ4n) is 3.09. The molecular formula is C13H22N2. The first kappa shape index (κ1) is 10.7. The van der Waals surface area contributed by atoms with E-state index in [9.17, 15) is 0 Å². The quantitative estimate of drug-likeness (QED) is 0.767. The van der Waals surface area contributed by atoms with E-state index in [1.165, 1.54) is 49.1 Å². The van der Waals surface area contributed by atoms with E-state index in [1.54, 1.807) is 0 Å². The summed E-state index contributed by atoms with van der Waals surface area (Å²) in [5.41, 5.74) is 10.4. The minimum absolute atomic E-state index is 0.271. The maximum atomic E-state index is 6.03. The Bertz CT molecular complexity index is 332. The smallest absolute Gasteiger partial charge is 0.0156 e. The van der Waals surface area contributed by atoms with Gasteiger partial charge >= 0.3 is 0 Å². The lowest BCUT2D eigenvalue weighted by Gasteiger charge is -2.36. The molecule has 0 bridgehead atoms. The fourth-order valence-corrected chi connectivity index (χ4v) is 3.09. The van der Waals surface area contributed by atoms with Crippen molar-refractivity contribution in [2.75, 3.05) is 6.54 Å². The molecule has 1 aromatic rings. The van der Waals surface area contributed by atoms with Gasteiger partial charge in [0.1, 0.15) is 0 Å². The van der Waals surface area contributed by atoms with E-state index in [1.807, 2.05) is 0 Å². The highest BCUT2D eigenvalue weighted by molar-refractivity contribution is 5.33. The first-order valence-corrected chi connectivity index (χ1v) is 6.05. The molecule has 1 heterocycles. The number of aryl methyl sites for hydroxylation is 2. The first-order valence-electron chi connectivity index (χ1n) is 6.05. The van der Waals surface area contributed by atoms with E-state index in [4.69, 9.17) is 5.73 Å². The number of nitrogens with one attached hydrogen (secondary N) is 1. The van der Waals surface area contributed by atoms with Crippen LogP contribution in [0.15, 0.2) is 6.07 Å². The summed E-state index contributed by atoms with van der Waals surface area (Å²) in [6.45, 7) is 5.10. The molecule has 15 heavy (non-hydrogen) atoms. The van der Waals surface area contributed by atoms with Crippen molar-refractivity contribution in [3.8, 4) is 0 Å². The van der Waals surface area contributed by atoms with Gasteiger partial charge < -0.3 is 10.7 Å². The zero-order valence-corrected chi connectivity index (χ0v) is 9.90. The van der Waals surface area contributed by atoms with Crippen molar-refractivity contribution in [2.24, 2.45) is 5.73 Å². The normalized spacial score (nSPS) is 20.5. The third-order valence-corrected chi connectivity index (χ3v) is 3.92. The van der Waals surface area contributed by atoms with Gasteiger partial charge in [-0.1, -0.05) is 19.3 Å². The standard InChI is InChI=1S/C13H22N2/c1-10-8-12(11(2)15-10)13(9-14)6-4-3-5-7-13/h8,15H,3-7,9,14H2,1-2H3. The predicted octanol–water partition coefficient (Wildman–Crippen LogP) is 2.79. The molecule has 1 aliphatic rings. The molecule has 0 unspecified atom stereocenters. The topological polar surface area (TPSA) is 41.8 Å². The van der Waals surface area contributed by atoms with E-state index < -0.39 is 0 Å². The van der Waals surface area contributed by atoms with Crippen molar-refractivity contribution < 1.29 is 0 Å². The van der Waals surface area contributed by atoms with Gasteiger partial charge in [-0.25, -0.2) is 0 Å². The van der Waals surface area contributed by atoms with Crippen molar-refractivity contribution in [3.63, 3.8) is 0 Å². The molecule has 0 aliphatic heterocycles. The molecule has 1 aromatic heterocycles. The van der Waals surface area contributed by atoms with E-state index in [-0.39, 0.29) is 5.41 Å². The van der Waals surface area contributed by atoms with Crippen molar-refractivity contribution in [1.82, 2.24) is 4.98 Å². The number of H-pyrrole nitrogens is 1. The Hall–Kier alpha value is -0.760. The Morgan fingerprint density at radius 1 is 1.27 bits per heavy atom. The monoisotopic (exact) mass is 206 g/mol. The maximum Gasteiger partial charge on any atom is 0.0156 e. The molecule has 0 aromatic carbocycles. The molecular weight excluding hydrogens is 184 g/mol. The van der Waals surface area contributed by atoms with Crippen LogP contribution in [0.4, 0.5) is 0 Å². The number of nitrogens with two attached hydrogens (primary N) is 1. The van der Waals surface area contributed by atoms with Crippen LogP contribution < -0.4 is 5.73 Å². The maximum absolute atomic E-state index is 6.03. The molecule has 0 atom stereocenters. The van der Waals surface area contributed by atoms with Gasteiger partial charge in [0, 0.05) is 23.3 Å². The number of aromatic nitrogens is 1. The van der Waals surface area contributed by atoms with Gasteiger partial charge in [-0.05, 0) is 38.3 Å². The van der Waals surface area contributed by atoms with Gasteiger partial charge in [-0.2, -0.15) is 0 Å².